The monoisotopic (exact) mass is 375 g/mol. The third-order valence-electron chi connectivity index (χ3n) is 5.06. The lowest BCUT2D eigenvalue weighted by molar-refractivity contribution is 0.0223. The summed E-state index contributed by atoms with van der Waals surface area (Å²) >= 11 is 0. The summed E-state index contributed by atoms with van der Waals surface area (Å²) in [6.07, 6.45) is 5.63. The number of hydrogen-bond donors (Lipinski definition) is 1. The zero-order chi connectivity index (χ0) is 18.9. The molecule has 150 valence electrons. The average Bonchev–Trinajstić information content (AvgIpc) is 2.73. The summed E-state index contributed by atoms with van der Waals surface area (Å²) in [7, 11) is 1.73. The van der Waals surface area contributed by atoms with E-state index in [4.69, 9.17) is 14.5 Å². The zero-order valence-corrected chi connectivity index (χ0v) is 16.6. The van der Waals surface area contributed by atoms with Gasteiger partial charge in [-0.05, 0) is 38.3 Å². The standard InChI is InChI=1S/C20H33N5O2/c1-17(16-26-2)23-20(22-15-18-7-4-6-14-27-18)25-12-10-24(11-13-25)19-8-3-5-9-21-19/h3,5,8-9,17-18H,4,6-7,10-16H2,1-2H3,(H,22,23). The van der Waals surface area contributed by atoms with Crippen LogP contribution in [-0.4, -0.2) is 81.0 Å². The van der Waals surface area contributed by atoms with E-state index in [9.17, 15) is 0 Å². The van der Waals surface area contributed by atoms with Gasteiger partial charge in [0, 0.05) is 52.1 Å². The molecule has 0 saturated carbocycles. The van der Waals surface area contributed by atoms with E-state index in [0.29, 0.717) is 6.61 Å². The predicted molar refractivity (Wildman–Crippen MR) is 108 cm³/mol. The fourth-order valence-electron chi connectivity index (χ4n) is 3.58. The minimum absolute atomic E-state index is 0.217. The fourth-order valence-corrected chi connectivity index (χ4v) is 3.58. The second kappa shape index (κ2) is 10.5. The highest BCUT2D eigenvalue weighted by Crippen LogP contribution is 2.15. The number of hydrogen-bond acceptors (Lipinski definition) is 5. The van der Waals surface area contributed by atoms with Crippen molar-refractivity contribution in [3.8, 4) is 0 Å². The molecule has 3 rings (SSSR count). The first-order valence-corrected chi connectivity index (χ1v) is 10.1. The van der Waals surface area contributed by atoms with Gasteiger partial charge in [-0.15, -0.1) is 0 Å². The van der Waals surface area contributed by atoms with Crippen molar-refractivity contribution in [2.45, 2.75) is 38.3 Å². The quantitative estimate of drug-likeness (QED) is 0.604. The molecule has 0 amide bonds. The molecule has 1 N–H and O–H groups in total. The molecule has 27 heavy (non-hydrogen) atoms. The van der Waals surface area contributed by atoms with E-state index >= 15 is 0 Å². The summed E-state index contributed by atoms with van der Waals surface area (Å²) in [5.41, 5.74) is 0. The van der Waals surface area contributed by atoms with Crippen LogP contribution in [0.2, 0.25) is 0 Å². The summed E-state index contributed by atoms with van der Waals surface area (Å²) < 4.78 is 11.1. The molecule has 0 aromatic carbocycles. The number of nitrogens with one attached hydrogen (secondary N) is 1. The summed E-state index contributed by atoms with van der Waals surface area (Å²) in [6.45, 7) is 8.11. The first-order chi connectivity index (χ1) is 13.3. The highest BCUT2D eigenvalue weighted by atomic mass is 16.5. The molecular formula is C20H33N5O2. The second-order valence-electron chi connectivity index (χ2n) is 7.32. The first kappa shape index (κ1) is 19.9. The Bertz CT molecular complexity index is 569. The Labute approximate surface area is 162 Å². The summed E-state index contributed by atoms with van der Waals surface area (Å²) in [6, 6.07) is 6.29. The summed E-state index contributed by atoms with van der Waals surface area (Å²) in [5.74, 6) is 2.02. The number of pyridine rings is 1. The van der Waals surface area contributed by atoms with Gasteiger partial charge in [0.05, 0.1) is 19.3 Å². The fraction of sp³-hybridized carbons (Fsp3) is 0.700. The van der Waals surface area contributed by atoms with E-state index in [1.54, 1.807) is 7.11 Å². The van der Waals surface area contributed by atoms with Crippen LogP contribution in [-0.2, 0) is 9.47 Å². The van der Waals surface area contributed by atoms with Gasteiger partial charge in [0.25, 0.3) is 0 Å². The van der Waals surface area contributed by atoms with Crippen LogP contribution in [0.1, 0.15) is 26.2 Å². The van der Waals surface area contributed by atoms with Crippen molar-refractivity contribution >= 4 is 11.8 Å². The third-order valence-corrected chi connectivity index (χ3v) is 5.06. The molecule has 0 radical (unpaired) electrons. The van der Waals surface area contributed by atoms with Gasteiger partial charge < -0.3 is 24.6 Å². The van der Waals surface area contributed by atoms with Crippen molar-refractivity contribution in [3.63, 3.8) is 0 Å². The maximum Gasteiger partial charge on any atom is 0.194 e. The van der Waals surface area contributed by atoms with Crippen LogP contribution >= 0.6 is 0 Å². The van der Waals surface area contributed by atoms with Gasteiger partial charge in [-0.2, -0.15) is 0 Å². The van der Waals surface area contributed by atoms with E-state index in [1.807, 2.05) is 18.3 Å². The zero-order valence-electron chi connectivity index (χ0n) is 16.6. The van der Waals surface area contributed by atoms with Gasteiger partial charge in [-0.3, -0.25) is 4.99 Å². The Balaban J connectivity index is 1.59. The molecule has 0 spiro atoms. The number of nitrogens with zero attached hydrogens (tertiary/aromatic N) is 4. The minimum atomic E-state index is 0.217. The van der Waals surface area contributed by atoms with Crippen LogP contribution in [0.4, 0.5) is 5.82 Å². The molecule has 3 heterocycles. The number of guanidine groups is 1. The van der Waals surface area contributed by atoms with Gasteiger partial charge in [0.15, 0.2) is 5.96 Å². The molecule has 2 aliphatic rings. The summed E-state index contributed by atoms with van der Waals surface area (Å²) in [5, 5.41) is 3.54. The van der Waals surface area contributed by atoms with E-state index < -0.39 is 0 Å². The number of anilines is 1. The number of piperazine rings is 1. The molecular weight excluding hydrogens is 342 g/mol. The van der Waals surface area contributed by atoms with Crippen LogP contribution in [0.25, 0.3) is 0 Å². The SMILES string of the molecule is COCC(C)NC(=NCC1CCCCO1)N1CCN(c2ccccn2)CC1. The molecule has 2 atom stereocenters. The van der Waals surface area contributed by atoms with Crippen LogP contribution in [0.3, 0.4) is 0 Å². The molecule has 0 bridgehead atoms. The van der Waals surface area contributed by atoms with Gasteiger partial charge >= 0.3 is 0 Å². The molecule has 2 saturated heterocycles. The maximum atomic E-state index is 5.85. The third kappa shape index (κ3) is 6.07. The number of methoxy groups -OCH3 is 1. The number of aliphatic imine (C=N–C) groups is 1. The van der Waals surface area contributed by atoms with Crippen molar-refractivity contribution in [3.05, 3.63) is 24.4 Å². The highest BCUT2D eigenvalue weighted by molar-refractivity contribution is 5.80. The molecule has 2 aliphatic heterocycles. The van der Waals surface area contributed by atoms with E-state index in [-0.39, 0.29) is 12.1 Å². The van der Waals surface area contributed by atoms with Crippen LogP contribution in [0.15, 0.2) is 29.4 Å². The normalized spacial score (nSPS) is 22.6. The molecule has 7 heteroatoms. The molecule has 7 nitrogen and oxygen atoms in total. The smallest absolute Gasteiger partial charge is 0.194 e. The largest absolute Gasteiger partial charge is 0.383 e. The van der Waals surface area contributed by atoms with Crippen molar-refractivity contribution in [2.75, 3.05) is 57.9 Å². The number of aromatic nitrogens is 1. The Kier molecular flexibility index (Phi) is 7.71. The lowest BCUT2D eigenvalue weighted by Crippen LogP contribution is -2.54. The minimum Gasteiger partial charge on any atom is -0.383 e. The average molecular weight is 376 g/mol. The molecule has 1 aromatic rings. The number of ether oxygens (including phenoxy) is 2. The lowest BCUT2D eigenvalue weighted by atomic mass is 10.1. The predicted octanol–water partition coefficient (Wildman–Crippen LogP) is 1.75. The molecule has 2 unspecified atom stereocenters. The van der Waals surface area contributed by atoms with Gasteiger partial charge in [-0.1, -0.05) is 6.07 Å². The van der Waals surface area contributed by atoms with Gasteiger partial charge in [0.2, 0.25) is 0 Å². The Morgan fingerprint density at radius 1 is 1.33 bits per heavy atom. The van der Waals surface area contributed by atoms with E-state index in [0.717, 1.165) is 57.5 Å². The van der Waals surface area contributed by atoms with E-state index in [2.05, 4.69) is 33.1 Å². The Morgan fingerprint density at radius 2 is 2.19 bits per heavy atom. The van der Waals surface area contributed by atoms with Crippen molar-refractivity contribution in [1.82, 2.24) is 15.2 Å². The van der Waals surface area contributed by atoms with Crippen LogP contribution in [0, 0.1) is 0 Å². The van der Waals surface area contributed by atoms with Gasteiger partial charge in [-0.25, -0.2) is 4.98 Å². The van der Waals surface area contributed by atoms with Crippen LogP contribution < -0.4 is 10.2 Å². The van der Waals surface area contributed by atoms with Crippen molar-refractivity contribution < 1.29 is 9.47 Å². The maximum absolute atomic E-state index is 5.85. The lowest BCUT2D eigenvalue weighted by Gasteiger charge is -2.38. The first-order valence-electron chi connectivity index (χ1n) is 10.1. The molecule has 2 fully saturated rings. The van der Waals surface area contributed by atoms with Gasteiger partial charge in [0.1, 0.15) is 5.82 Å². The Morgan fingerprint density at radius 3 is 2.85 bits per heavy atom. The Hall–Kier alpha value is -1.86. The molecule has 0 aliphatic carbocycles. The van der Waals surface area contributed by atoms with Crippen molar-refractivity contribution in [2.24, 2.45) is 4.99 Å². The highest BCUT2D eigenvalue weighted by Gasteiger charge is 2.22. The topological polar surface area (TPSA) is 62.2 Å². The summed E-state index contributed by atoms with van der Waals surface area (Å²) in [4.78, 5) is 14.1. The van der Waals surface area contributed by atoms with E-state index in [1.165, 1.54) is 12.8 Å². The second-order valence-corrected chi connectivity index (χ2v) is 7.32. The van der Waals surface area contributed by atoms with Crippen LogP contribution in [0.5, 0.6) is 0 Å². The van der Waals surface area contributed by atoms with Crippen molar-refractivity contribution in [1.29, 1.82) is 0 Å². The molecule has 1 aromatic heterocycles. The number of rotatable bonds is 6.